The lowest BCUT2D eigenvalue weighted by molar-refractivity contribution is -0.138. The third-order valence-electron chi connectivity index (χ3n) is 3.53. The summed E-state index contributed by atoms with van der Waals surface area (Å²) in [6.45, 7) is 1.15. The van der Waals surface area contributed by atoms with E-state index in [1.807, 2.05) is 0 Å². The second-order valence-corrected chi connectivity index (χ2v) is 6.85. The van der Waals surface area contributed by atoms with Crippen molar-refractivity contribution in [3.8, 4) is 0 Å². The molecule has 0 aromatic carbocycles. The summed E-state index contributed by atoms with van der Waals surface area (Å²) in [5, 5.41) is 18.7. The minimum Gasteiger partial charge on any atom is -0.481 e. The fourth-order valence-electron chi connectivity index (χ4n) is 2.01. The van der Waals surface area contributed by atoms with E-state index in [1.165, 1.54) is 7.05 Å². The van der Waals surface area contributed by atoms with E-state index in [0.29, 0.717) is 19.6 Å². The van der Waals surface area contributed by atoms with Gasteiger partial charge in [-0.25, -0.2) is 0 Å². The van der Waals surface area contributed by atoms with Crippen LogP contribution in [0.5, 0.6) is 0 Å². The Kier molecular flexibility index (Phi) is 14.2. The monoisotopic (exact) mass is 406 g/mol. The Morgan fingerprint density at radius 3 is 2.33 bits per heavy atom. The average molecular weight is 407 g/mol. The highest BCUT2D eigenvalue weighted by Crippen LogP contribution is 2.16. The van der Waals surface area contributed by atoms with Crippen molar-refractivity contribution in [3.05, 3.63) is 0 Å². The van der Waals surface area contributed by atoms with Crippen LogP contribution >= 0.6 is 11.8 Å². The Bertz CT molecular complexity index is 492. The highest BCUT2D eigenvalue weighted by atomic mass is 32.2. The first-order valence-corrected chi connectivity index (χ1v) is 9.66. The van der Waals surface area contributed by atoms with Gasteiger partial charge in [-0.3, -0.25) is 19.2 Å². The SMILES string of the molecule is CNC(=O)[C@H](CSC(CC(=O)O)C(=O)NCCC(=O)NCCCOC)NC. The number of methoxy groups -OCH3 is 1. The number of thioether (sulfide) groups is 1. The lowest BCUT2D eigenvalue weighted by atomic mass is 10.3. The molecule has 0 saturated heterocycles. The maximum atomic E-state index is 12.2. The van der Waals surface area contributed by atoms with Gasteiger partial charge in [-0.2, -0.15) is 0 Å². The molecule has 0 bridgehead atoms. The van der Waals surface area contributed by atoms with Gasteiger partial charge >= 0.3 is 5.97 Å². The van der Waals surface area contributed by atoms with Crippen molar-refractivity contribution >= 4 is 35.5 Å². The van der Waals surface area contributed by atoms with Crippen molar-refractivity contribution in [1.29, 1.82) is 0 Å². The molecule has 156 valence electrons. The van der Waals surface area contributed by atoms with Gasteiger partial charge in [0.1, 0.15) is 0 Å². The molecule has 0 heterocycles. The van der Waals surface area contributed by atoms with Crippen LogP contribution in [0.2, 0.25) is 0 Å². The highest BCUT2D eigenvalue weighted by Gasteiger charge is 2.25. The number of rotatable bonds is 15. The van der Waals surface area contributed by atoms with E-state index in [4.69, 9.17) is 9.84 Å². The van der Waals surface area contributed by atoms with Crippen molar-refractivity contribution in [2.45, 2.75) is 30.6 Å². The molecular weight excluding hydrogens is 376 g/mol. The smallest absolute Gasteiger partial charge is 0.305 e. The molecule has 0 fully saturated rings. The lowest BCUT2D eigenvalue weighted by Crippen LogP contribution is -2.44. The maximum absolute atomic E-state index is 12.2. The molecule has 3 amide bonds. The fraction of sp³-hybridized carbons (Fsp3) is 0.750. The van der Waals surface area contributed by atoms with Crippen molar-refractivity contribution in [1.82, 2.24) is 21.3 Å². The quantitative estimate of drug-likeness (QED) is 0.208. The maximum Gasteiger partial charge on any atom is 0.305 e. The Morgan fingerprint density at radius 1 is 1.07 bits per heavy atom. The van der Waals surface area contributed by atoms with Crippen LogP contribution in [0.4, 0.5) is 0 Å². The van der Waals surface area contributed by atoms with E-state index in [-0.39, 0.29) is 37.0 Å². The molecule has 0 spiro atoms. The van der Waals surface area contributed by atoms with E-state index in [0.717, 1.165) is 11.8 Å². The van der Waals surface area contributed by atoms with E-state index in [2.05, 4.69) is 21.3 Å². The molecule has 0 saturated carbocycles. The Balaban J connectivity index is 4.38. The summed E-state index contributed by atoms with van der Waals surface area (Å²) in [6.07, 6.45) is 0.425. The number of ether oxygens (including phenoxy) is 1. The zero-order valence-corrected chi connectivity index (χ0v) is 16.8. The highest BCUT2D eigenvalue weighted by molar-refractivity contribution is 8.00. The van der Waals surface area contributed by atoms with Crippen molar-refractivity contribution < 1.29 is 29.0 Å². The van der Waals surface area contributed by atoms with E-state index < -0.39 is 23.2 Å². The summed E-state index contributed by atoms with van der Waals surface area (Å²) in [5.41, 5.74) is 0. The summed E-state index contributed by atoms with van der Waals surface area (Å²) < 4.78 is 4.88. The molecule has 0 aliphatic heterocycles. The summed E-state index contributed by atoms with van der Waals surface area (Å²) in [5.74, 6) is -1.80. The van der Waals surface area contributed by atoms with Crippen LogP contribution in [0, 0.1) is 0 Å². The largest absolute Gasteiger partial charge is 0.481 e. The normalized spacial score (nSPS) is 12.7. The van der Waals surface area contributed by atoms with Crippen LogP contribution in [0.1, 0.15) is 19.3 Å². The third kappa shape index (κ3) is 12.2. The molecular formula is C16H30N4O6S. The van der Waals surface area contributed by atoms with Gasteiger partial charge < -0.3 is 31.1 Å². The molecule has 0 aliphatic carbocycles. The first-order chi connectivity index (χ1) is 12.8. The van der Waals surface area contributed by atoms with Crippen molar-refractivity contribution in [2.75, 3.05) is 46.7 Å². The van der Waals surface area contributed by atoms with Crippen LogP contribution in [0.25, 0.3) is 0 Å². The molecule has 11 heteroatoms. The molecule has 2 atom stereocenters. The lowest BCUT2D eigenvalue weighted by Gasteiger charge is -2.18. The van der Waals surface area contributed by atoms with Crippen LogP contribution in [0.15, 0.2) is 0 Å². The van der Waals surface area contributed by atoms with Crippen LogP contribution in [-0.2, 0) is 23.9 Å². The molecule has 1 unspecified atom stereocenters. The Labute approximate surface area is 163 Å². The number of hydrogen-bond donors (Lipinski definition) is 5. The fourth-order valence-corrected chi connectivity index (χ4v) is 3.25. The van der Waals surface area contributed by atoms with Gasteiger partial charge in [-0.15, -0.1) is 11.8 Å². The second kappa shape index (κ2) is 15.2. The minimum absolute atomic E-state index is 0.0978. The van der Waals surface area contributed by atoms with Gasteiger partial charge in [0.05, 0.1) is 17.7 Å². The van der Waals surface area contributed by atoms with Gasteiger partial charge in [0, 0.05) is 46.0 Å². The minimum atomic E-state index is -1.11. The summed E-state index contributed by atoms with van der Waals surface area (Å²) in [4.78, 5) is 46.6. The van der Waals surface area contributed by atoms with Crippen LogP contribution in [0.3, 0.4) is 0 Å². The number of amides is 3. The molecule has 10 nitrogen and oxygen atoms in total. The van der Waals surface area contributed by atoms with Gasteiger partial charge in [-0.05, 0) is 13.5 Å². The number of carboxylic acid groups (broad SMARTS) is 1. The Hall–Kier alpha value is -1.85. The van der Waals surface area contributed by atoms with Gasteiger partial charge in [-0.1, -0.05) is 0 Å². The standard InChI is InChI=1S/C16H30N4O6S/c1-17-11(15(24)18-2)10-27-12(9-14(22)23)16(25)20-7-5-13(21)19-6-4-8-26-3/h11-12,17H,4-10H2,1-3H3,(H,18,24)(H,19,21)(H,20,25)(H,22,23)/t11-,12?/m0/s1. The number of hydrogen-bond acceptors (Lipinski definition) is 7. The zero-order valence-electron chi connectivity index (χ0n) is 16.0. The number of carboxylic acids is 1. The van der Waals surface area contributed by atoms with Crippen LogP contribution in [-0.4, -0.2) is 86.7 Å². The first-order valence-electron chi connectivity index (χ1n) is 8.61. The van der Waals surface area contributed by atoms with Gasteiger partial charge in [0.2, 0.25) is 17.7 Å². The topological polar surface area (TPSA) is 146 Å². The summed E-state index contributed by atoms with van der Waals surface area (Å²) in [6, 6.07) is -0.540. The number of nitrogens with one attached hydrogen (secondary N) is 4. The molecule has 0 aromatic rings. The van der Waals surface area contributed by atoms with Crippen molar-refractivity contribution in [3.63, 3.8) is 0 Å². The molecule has 0 aliphatic rings. The molecule has 0 radical (unpaired) electrons. The average Bonchev–Trinajstić information content (AvgIpc) is 2.63. The molecule has 0 aromatic heterocycles. The zero-order chi connectivity index (χ0) is 20.7. The predicted molar refractivity (Wildman–Crippen MR) is 103 cm³/mol. The van der Waals surface area contributed by atoms with E-state index in [1.54, 1.807) is 14.2 Å². The molecule has 27 heavy (non-hydrogen) atoms. The first kappa shape index (κ1) is 25.1. The number of likely N-dealkylation sites (N-methyl/N-ethyl adjacent to an activating group) is 2. The number of aliphatic carboxylic acids is 1. The molecule has 0 rings (SSSR count). The Morgan fingerprint density at radius 2 is 1.78 bits per heavy atom. The van der Waals surface area contributed by atoms with Gasteiger partial charge in [0.15, 0.2) is 0 Å². The number of carbonyl (C=O) groups excluding carboxylic acids is 3. The van der Waals surface area contributed by atoms with Crippen LogP contribution < -0.4 is 21.3 Å². The molecule has 5 N–H and O–H groups in total. The number of carbonyl (C=O) groups is 4. The third-order valence-corrected chi connectivity index (χ3v) is 4.84. The van der Waals surface area contributed by atoms with E-state index >= 15 is 0 Å². The predicted octanol–water partition coefficient (Wildman–Crippen LogP) is -1.44. The van der Waals surface area contributed by atoms with E-state index in [9.17, 15) is 19.2 Å². The van der Waals surface area contributed by atoms with Gasteiger partial charge in [0.25, 0.3) is 0 Å². The second-order valence-electron chi connectivity index (χ2n) is 5.61. The summed E-state index contributed by atoms with van der Waals surface area (Å²) >= 11 is 1.08. The van der Waals surface area contributed by atoms with Crippen molar-refractivity contribution in [2.24, 2.45) is 0 Å². The summed E-state index contributed by atoms with van der Waals surface area (Å²) in [7, 11) is 4.69.